The quantitative estimate of drug-likeness (QED) is 0.587. The van der Waals surface area contributed by atoms with Crippen molar-refractivity contribution in [3.8, 4) is 0 Å². The molecule has 0 aliphatic carbocycles. The second-order valence-electron chi connectivity index (χ2n) is 6.72. The highest BCUT2D eigenvalue weighted by Crippen LogP contribution is 2.13. The molecule has 0 bridgehead atoms. The monoisotopic (exact) mass is 438 g/mol. The Labute approximate surface area is 172 Å². The number of piperazine rings is 1. The second-order valence-corrected chi connectivity index (χ2v) is 7.64. The molecule has 0 unspecified atom stereocenters. The van der Waals surface area contributed by atoms with Crippen LogP contribution in [0.4, 0.5) is 5.95 Å². The molecule has 6 nitrogen and oxygen atoms in total. The van der Waals surface area contributed by atoms with Gasteiger partial charge in [0, 0.05) is 54.7 Å². The minimum absolute atomic E-state index is 0.0683. The normalized spacial score (nSPS) is 14.2. The zero-order valence-electron chi connectivity index (χ0n) is 15.4. The Balaban J connectivity index is 1.40. The van der Waals surface area contributed by atoms with Crippen LogP contribution >= 0.6 is 15.9 Å². The third kappa shape index (κ3) is 4.36. The molecule has 7 heteroatoms. The molecule has 0 spiro atoms. The summed E-state index contributed by atoms with van der Waals surface area (Å²) in [6.07, 6.45) is 7.41. The summed E-state index contributed by atoms with van der Waals surface area (Å²) in [6, 6.07) is 13.8. The van der Waals surface area contributed by atoms with Crippen molar-refractivity contribution < 1.29 is 9.36 Å². The lowest BCUT2D eigenvalue weighted by molar-refractivity contribution is -0.688. The molecule has 1 aliphatic rings. The van der Waals surface area contributed by atoms with E-state index in [1.54, 1.807) is 12.4 Å². The molecule has 28 heavy (non-hydrogen) atoms. The average Bonchev–Trinajstić information content (AvgIpc) is 2.76. The minimum atomic E-state index is 0.0683. The van der Waals surface area contributed by atoms with Gasteiger partial charge in [-0.2, -0.15) is 4.57 Å². The summed E-state index contributed by atoms with van der Waals surface area (Å²) in [5.74, 6) is 0.792. The van der Waals surface area contributed by atoms with E-state index in [1.165, 1.54) is 5.56 Å². The van der Waals surface area contributed by atoms with Crippen LogP contribution in [-0.2, 0) is 6.54 Å². The first-order valence-electron chi connectivity index (χ1n) is 9.24. The Bertz CT molecular complexity index is 941. The first-order chi connectivity index (χ1) is 13.7. The molecule has 0 radical (unpaired) electrons. The maximum absolute atomic E-state index is 12.9. The van der Waals surface area contributed by atoms with Crippen molar-refractivity contribution in [1.29, 1.82) is 0 Å². The van der Waals surface area contributed by atoms with Crippen LogP contribution in [0.25, 0.3) is 0 Å². The Morgan fingerprint density at radius 2 is 1.71 bits per heavy atom. The van der Waals surface area contributed by atoms with E-state index in [0.717, 1.165) is 30.1 Å². The van der Waals surface area contributed by atoms with E-state index in [1.807, 2.05) is 52.2 Å². The Morgan fingerprint density at radius 3 is 2.43 bits per heavy atom. The maximum Gasteiger partial charge on any atom is 0.260 e. The standard InChI is InChI=1S/C21H21BrN5O/c22-19-6-4-17(5-7-19)15-25-10-1-3-18(16-25)20(28)26-11-13-27(14-12-26)21-23-8-2-9-24-21/h1-10,16H,11-15H2/q+1. The van der Waals surface area contributed by atoms with Gasteiger partial charge in [0.25, 0.3) is 5.91 Å². The molecule has 1 saturated heterocycles. The van der Waals surface area contributed by atoms with Crippen molar-refractivity contribution in [2.24, 2.45) is 0 Å². The predicted octanol–water partition coefficient (Wildman–Crippen LogP) is 2.54. The van der Waals surface area contributed by atoms with Crippen LogP contribution in [0, 0.1) is 0 Å². The van der Waals surface area contributed by atoms with Gasteiger partial charge in [0.15, 0.2) is 18.9 Å². The zero-order valence-corrected chi connectivity index (χ0v) is 17.0. The number of amides is 1. The van der Waals surface area contributed by atoms with E-state index in [9.17, 15) is 4.79 Å². The number of anilines is 1. The molecular formula is C21H21BrN5O+. The average molecular weight is 439 g/mol. The van der Waals surface area contributed by atoms with Gasteiger partial charge in [0.1, 0.15) is 5.56 Å². The van der Waals surface area contributed by atoms with Crippen LogP contribution in [0.3, 0.4) is 0 Å². The molecule has 1 amide bonds. The number of hydrogen-bond acceptors (Lipinski definition) is 4. The molecule has 3 heterocycles. The van der Waals surface area contributed by atoms with Gasteiger partial charge in [-0.15, -0.1) is 0 Å². The molecule has 0 saturated carbocycles. The van der Waals surface area contributed by atoms with Gasteiger partial charge in [0.2, 0.25) is 5.95 Å². The predicted molar refractivity (Wildman–Crippen MR) is 110 cm³/mol. The number of halogens is 1. The highest BCUT2D eigenvalue weighted by molar-refractivity contribution is 9.10. The third-order valence-corrected chi connectivity index (χ3v) is 5.31. The number of carbonyl (C=O) groups excluding carboxylic acids is 1. The molecule has 0 atom stereocenters. The fraction of sp³-hybridized carbons (Fsp3) is 0.238. The van der Waals surface area contributed by atoms with Gasteiger partial charge >= 0.3 is 0 Å². The largest absolute Gasteiger partial charge is 0.337 e. The molecule has 1 aliphatic heterocycles. The van der Waals surface area contributed by atoms with Crippen molar-refractivity contribution >= 4 is 27.8 Å². The van der Waals surface area contributed by atoms with E-state index in [2.05, 4.69) is 42.9 Å². The molecule has 0 N–H and O–H groups in total. The molecular weight excluding hydrogens is 418 g/mol. The van der Waals surface area contributed by atoms with Crippen molar-refractivity contribution in [2.45, 2.75) is 6.54 Å². The van der Waals surface area contributed by atoms with Gasteiger partial charge < -0.3 is 9.80 Å². The van der Waals surface area contributed by atoms with Crippen LogP contribution in [0.15, 0.2) is 71.7 Å². The van der Waals surface area contributed by atoms with Gasteiger partial charge in [-0.05, 0) is 24.3 Å². The van der Waals surface area contributed by atoms with Gasteiger partial charge in [-0.3, -0.25) is 4.79 Å². The molecule has 3 aromatic rings. The number of pyridine rings is 1. The fourth-order valence-corrected chi connectivity index (χ4v) is 3.56. The van der Waals surface area contributed by atoms with Crippen LogP contribution in [0.2, 0.25) is 0 Å². The van der Waals surface area contributed by atoms with Crippen LogP contribution in [-0.4, -0.2) is 47.0 Å². The summed E-state index contributed by atoms with van der Waals surface area (Å²) >= 11 is 3.46. The van der Waals surface area contributed by atoms with E-state index in [4.69, 9.17) is 0 Å². The number of benzene rings is 1. The number of aromatic nitrogens is 3. The lowest BCUT2D eigenvalue weighted by atomic mass is 10.2. The van der Waals surface area contributed by atoms with Crippen molar-refractivity contribution in [3.63, 3.8) is 0 Å². The third-order valence-electron chi connectivity index (χ3n) is 4.79. The van der Waals surface area contributed by atoms with Crippen LogP contribution in [0.1, 0.15) is 15.9 Å². The summed E-state index contributed by atoms with van der Waals surface area (Å²) in [7, 11) is 0. The Hall–Kier alpha value is -2.80. The Morgan fingerprint density at radius 1 is 1.00 bits per heavy atom. The smallest absolute Gasteiger partial charge is 0.260 e. The lowest BCUT2D eigenvalue weighted by Gasteiger charge is -2.34. The summed E-state index contributed by atoms with van der Waals surface area (Å²) in [6.45, 7) is 3.54. The highest BCUT2D eigenvalue weighted by Gasteiger charge is 2.24. The summed E-state index contributed by atoms with van der Waals surface area (Å²) in [5.41, 5.74) is 1.90. The topological polar surface area (TPSA) is 53.2 Å². The van der Waals surface area contributed by atoms with E-state index < -0.39 is 0 Å². The summed E-state index contributed by atoms with van der Waals surface area (Å²) < 4.78 is 3.11. The van der Waals surface area contributed by atoms with Crippen LogP contribution < -0.4 is 9.47 Å². The van der Waals surface area contributed by atoms with Gasteiger partial charge in [-0.1, -0.05) is 28.1 Å². The Kier molecular flexibility index (Phi) is 5.62. The first-order valence-corrected chi connectivity index (χ1v) is 10.0. The fourth-order valence-electron chi connectivity index (χ4n) is 3.29. The van der Waals surface area contributed by atoms with E-state index >= 15 is 0 Å². The lowest BCUT2D eigenvalue weighted by Crippen LogP contribution is -2.49. The van der Waals surface area contributed by atoms with Crippen LogP contribution in [0.5, 0.6) is 0 Å². The van der Waals surface area contributed by atoms with Crippen molar-refractivity contribution in [2.75, 3.05) is 31.1 Å². The molecule has 1 aromatic carbocycles. The number of nitrogens with zero attached hydrogens (tertiary/aromatic N) is 5. The summed E-state index contributed by atoms with van der Waals surface area (Å²) in [5, 5.41) is 0. The van der Waals surface area contributed by atoms with Gasteiger partial charge in [0.05, 0.1) is 0 Å². The number of hydrogen-bond donors (Lipinski definition) is 0. The molecule has 1 fully saturated rings. The highest BCUT2D eigenvalue weighted by atomic mass is 79.9. The van der Waals surface area contributed by atoms with E-state index in [0.29, 0.717) is 18.7 Å². The SMILES string of the molecule is O=C(c1ccc[n+](Cc2ccc(Br)cc2)c1)N1CCN(c2ncccn2)CC1. The van der Waals surface area contributed by atoms with Gasteiger partial charge in [-0.25, -0.2) is 9.97 Å². The molecule has 2 aromatic heterocycles. The molecule has 4 rings (SSSR count). The first kappa shape index (κ1) is 18.6. The van der Waals surface area contributed by atoms with Crippen molar-refractivity contribution in [3.05, 3.63) is 82.9 Å². The minimum Gasteiger partial charge on any atom is -0.337 e. The zero-order chi connectivity index (χ0) is 19.3. The second kappa shape index (κ2) is 8.48. The van der Waals surface area contributed by atoms with E-state index in [-0.39, 0.29) is 5.91 Å². The maximum atomic E-state index is 12.9. The number of rotatable bonds is 4. The molecule has 142 valence electrons. The summed E-state index contributed by atoms with van der Waals surface area (Å²) in [4.78, 5) is 25.5. The number of carbonyl (C=O) groups is 1. The van der Waals surface area contributed by atoms with Crippen molar-refractivity contribution in [1.82, 2.24) is 14.9 Å².